The highest BCUT2D eigenvalue weighted by Crippen LogP contribution is 2.10. The molecule has 0 saturated carbocycles. The number of allylic oxidation sites excluding steroid dienone is 1. The maximum absolute atomic E-state index is 10.7. The van der Waals surface area contributed by atoms with Crippen LogP contribution in [-0.2, 0) is 14.3 Å². The van der Waals surface area contributed by atoms with Crippen molar-refractivity contribution in [3.05, 3.63) is 16.4 Å². The Morgan fingerprint density at radius 3 is 2.21 bits per heavy atom. The Kier molecular flexibility index (Phi) is 4.90. The Morgan fingerprint density at radius 2 is 1.86 bits per heavy atom. The average molecular weight is 203 g/mol. The van der Waals surface area contributed by atoms with E-state index in [1.165, 1.54) is 0 Å². The summed E-state index contributed by atoms with van der Waals surface area (Å²) in [7, 11) is 1.01. The van der Waals surface area contributed by atoms with Crippen LogP contribution >= 0.6 is 0 Å². The number of aliphatic hydroxyl groups is 1. The normalized spacial score (nSPS) is 11.5. The maximum Gasteiger partial charge on any atom is 0.363 e. The fraction of sp³-hybridized carbons (Fsp3) is 0.429. The molecular formula is C7H9NO6. The van der Waals surface area contributed by atoms with E-state index in [-0.39, 0.29) is 6.42 Å². The predicted octanol–water partition coefficient (Wildman–Crippen LogP) is 0.560. The summed E-state index contributed by atoms with van der Waals surface area (Å²) in [4.78, 5) is 30.9. The lowest BCUT2D eigenvalue weighted by Crippen LogP contribution is -2.07. The maximum atomic E-state index is 10.7. The summed E-state index contributed by atoms with van der Waals surface area (Å²) in [5.41, 5.74) is -0.797. The van der Waals surface area contributed by atoms with E-state index in [1.54, 1.807) is 0 Å². The van der Waals surface area contributed by atoms with Crippen molar-refractivity contribution >= 4 is 11.9 Å². The molecular weight excluding hydrogens is 194 g/mol. The number of hydrogen-bond acceptors (Lipinski definition) is 6. The fourth-order valence-electron chi connectivity index (χ4n) is 0.648. The van der Waals surface area contributed by atoms with E-state index in [2.05, 4.69) is 9.91 Å². The molecule has 0 rings (SSSR count). The number of carboxylic acid groups (broad SMARTS) is 1. The van der Waals surface area contributed by atoms with Gasteiger partial charge in [0, 0.05) is 6.42 Å². The van der Waals surface area contributed by atoms with Gasteiger partial charge in [0.25, 0.3) is 0 Å². The molecule has 2 N–H and O–H groups in total. The van der Waals surface area contributed by atoms with Crippen molar-refractivity contribution in [1.82, 2.24) is 0 Å². The van der Waals surface area contributed by atoms with Crippen molar-refractivity contribution < 1.29 is 24.5 Å². The number of carbonyl (C=O) groups excluding carboxylic acids is 1. The van der Waals surface area contributed by atoms with Crippen LogP contribution in [0.2, 0.25) is 0 Å². The first-order valence-corrected chi connectivity index (χ1v) is 3.58. The number of aliphatic hydroxyl groups excluding tert-OH is 1. The molecule has 0 amide bonds. The van der Waals surface area contributed by atoms with Gasteiger partial charge in [0.05, 0.1) is 13.5 Å². The van der Waals surface area contributed by atoms with Gasteiger partial charge in [0.1, 0.15) is 5.76 Å². The van der Waals surface area contributed by atoms with Crippen molar-refractivity contribution in [2.24, 2.45) is 5.18 Å². The van der Waals surface area contributed by atoms with Gasteiger partial charge in [0.2, 0.25) is 5.70 Å². The van der Waals surface area contributed by atoms with Gasteiger partial charge < -0.3 is 14.9 Å². The molecule has 0 unspecified atom stereocenters. The summed E-state index contributed by atoms with van der Waals surface area (Å²) in [5, 5.41) is 19.6. The summed E-state index contributed by atoms with van der Waals surface area (Å²) in [5.74, 6) is -2.94. The molecule has 0 aliphatic carbocycles. The van der Waals surface area contributed by atoms with E-state index in [0.717, 1.165) is 7.11 Å². The van der Waals surface area contributed by atoms with Crippen LogP contribution in [0.5, 0.6) is 0 Å². The standard InChI is InChI=1S/C7H9NO6/c1-14-7(12)6(8-13)4(9)2-3-5(10)11/h9H,2-3H2,1H3,(H,10,11)/b6-4+. The molecule has 0 bridgehead atoms. The zero-order chi connectivity index (χ0) is 11.1. The van der Waals surface area contributed by atoms with E-state index in [9.17, 15) is 14.5 Å². The number of aliphatic carboxylic acids is 1. The van der Waals surface area contributed by atoms with Crippen LogP contribution in [0.25, 0.3) is 0 Å². The highest BCUT2D eigenvalue weighted by Gasteiger charge is 2.17. The highest BCUT2D eigenvalue weighted by atomic mass is 16.5. The zero-order valence-corrected chi connectivity index (χ0v) is 7.39. The molecule has 0 aliphatic heterocycles. The Labute approximate surface area is 79.0 Å². The number of ether oxygens (including phenoxy) is 1. The molecule has 14 heavy (non-hydrogen) atoms. The Hall–Kier alpha value is -1.92. The van der Waals surface area contributed by atoms with E-state index < -0.39 is 29.8 Å². The molecule has 0 aromatic heterocycles. The molecule has 0 aliphatic rings. The number of nitrogens with zero attached hydrogens (tertiary/aromatic N) is 1. The summed E-state index contributed by atoms with van der Waals surface area (Å²) >= 11 is 0. The summed E-state index contributed by atoms with van der Waals surface area (Å²) in [6, 6.07) is 0. The monoisotopic (exact) mass is 203 g/mol. The molecule has 0 aromatic carbocycles. The van der Waals surface area contributed by atoms with Crippen LogP contribution < -0.4 is 0 Å². The third-order valence-corrected chi connectivity index (χ3v) is 1.32. The quantitative estimate of drug-likeness (QED) is 0.292. The number of carboxylic acids is 1. The molecule has 0 aromatic rings. The zero-order valence-electron chi connectivity index (χ0n) is 7.39. The molecule has 0 radical (unpaired) electrons. The summed E-state index contributed by atoms with van der Waals surface area (Å²) in [6.07, 6.45) is -0.743. The second-order valence-electron chi connectivity index (χ2n) is 2.27. The van der Waals surface area contributed by atoms with Crippen LogP contribution in [0.15, 0.2) is 16.6 Å². The minimum Gasteiger partial charge on any atom is -0.510 e. The van der Waals surface area contributed by atoms with Gasteiger partial charge in [-0.1, -0.05) is 0 Å². The van der Waals surface area contributed by atoms with Crippen molar-refractivity contribution in [3.63, 3.8) is 0 Å². The molecule has 7 heteroatoms. The van der Waals surface area contributed by atoms with Crippen LogP contribution in [0, 0.1) is 4.91 Å². The Morgan fingerprint density at radius 1 is 1.29 bits per heavy atom. The molecule has 7 nitrogen and oxygen atoms in total. The first-order valence-electron chi connectivity index (χ1n) is 3.58. The lowest BCUT2D eigenvalue weighted by atomic mass is 10.2. The van der Waals surface area contributed by atoms with Gasteiger partial charge in [0.15, 0.2) is 0 Å². The fourth-order valence-corrected chi connectivity index (χ4v) is 0.648. The lowest BCUT2D eigenvalue weighted by molar-refractivity contribution is -0.138. The topological polar surface area (TPSA) is 113 Å². The minimum atomic E-state index is -1.16. The smallest absolute Gasteiger partial charge is 0.363 e. The molecule has 0 heterocycles. The number of esters is 1. The second-order valence-corrected chi connectivity index (χ2v) is 2.27. The molecule has 0 spiro atoms. The third-order valence-electron chi connectivity index (χ3n) is 1.32. The SMILES string of the molecule is COC(=O)/C(N=O)=C(\O)CCC(=O)O. The largest absolute Gasteiger partial charge is 0.510 e. The summed E-state index contributed by atoms with van der Waals surface area (Å²) < 4.78 is 4.13. The molecule has 0 saturated heterocycles. The number of methoxy groups -OCH3 is 1. The van der Waals surface area contributed by atoms with E-state index in [1.807, 2.05) is 0 Å². The van der Waals surface area contributed by atoms with Crippen molar-refractivity contribution in [3.8, 4) is 0 Å². The van der Waals surface area contributed by atoms with Gasteiger partial charge in [-0.15, -0.1) is 4.91 Å². The Bertz CT molecular complexity index is 282. The van der Waals surface area contributed by atoms with Crippen molar-refractivity contribution in [2.75, 3.05) is 7.11 Å². The van der Waals surface area contributed by atoms with Gasteiger partial charge in [-0.2, -0.15) is 0 Å². The van der Waals surface area contributed by atoms with Crippen molar-refractivity contribution in [1.29, 1.82) is 0 Å². The van der Waals surface area contributed by atoms with E-state index >= 15 is 0 Å². The van der Waals surface area contributed by atoms with Crippen LogP contribution in [0.3, 0.4) is 0 Å². The van der Waals surface area contributed by atoms with E-state index in [0.29, 0.717) is 0 Å². The number of rotatable bonds is 5. The van der Waals surface area contributed by atoms with Gasteiger partial charge in [-0.05, 0) is 5.18 Å². The van der Waals surface area contributed by atoms with Crippen LogP contribution in [0.4, 0.5) is 0 Å². The molecule has 78 valence electrons. The first kappa shape index (κ1) is 12.1. The number of carbonyl (C=O) groups is 2. The van der Waals surface area contributed by atoms with Crippen LogP contribution in [-0.4, -0.2) is 29.3 Å². The number of nitroso groups, excluding NO2 is 1. The molecule has 0 atom stereocenters. The summed E-state index contributed by atoms with van der Waals surface area (Å²) in [6.45, 7) is 0. The third kappa shape index (κ3) is 3.65. The predicted molar refractivity (Wildman–Crippen MR) is 44.3 cm³/mol. The van der Waals surface area contributed by atoms with Crippen molar-refractivity contribution in [2.45, 2.75) is 12.8 Å². The van der Waals surface area contributed by atoms with Gasteiger partial charge in [-0.3, -0.25) is 4.79 Å². The first-order chi connectivity index (χ1) is 6.52. The lowest BCUT2D eigenvalue weighted by Gasteiger charge is -2.00. The average Bonchev–Trinajstić information content (AvgIpc) is 2.15. The van der Waals surface area contributed by atoms with Gasteiger partial charge >= 0.3 is 11.9 Å². The van der Waals surface area contributed by atoms with Crippen LogP contribution in [0.1, 0.15) is 12.8 Å². The minimum absolute atomic E-state index is 0.342. The Balaban J connectivity index is 4.58. The van der Waals surface area contributed by atoms with Gasteiger partial charge in [-0.25, -0.2) is 4.79 Å². The van der Waals surface area contributed by atoms with E-state index in [4.69, 9.17) is 10.2 Å². The second kappa shape index (κ2) is 5.68. The number of hydrogen-bond donors (Lipinski definition) is 2. The highest BCUT2D eigenvalue weighted by molar-refractivity contribution is 5.88. The molecule has 0 fully saturated rings.